The number of carbonyl (C=O) groups excluding carboxylic acids is 3. The van der Waals surface area contributed by atoms with Gasteiger partial charge in [0.25, 0.3) is 0 Å². The monoisotopic (exact) mass is 268 g/mol. The second kappa shape index (κ2) is 6.14. The van der Waals surface area contributed by atoms with Crippen molar-refractivity contribution in [2.24, 2.45) is 0 Å². The van der Waals surface area contributed by atoms with Gasteiger partial charge < -0.3 is 10.1 Å². The first kappa shape index (κ1) is 14.0. The first-order valence-corrected chi connectivity index (χ1v) is 6.87. The molecule has 1 aliphatic heterocycles. The fourth-order valence-corrected chi connectivity index (χ4v) is 2.18. The highest BCUT2D eigenvalue weighted by Gasteiger charge is 2.33. The lowest BCUT2D eigenvalue weighted by Crippen LogP contribution is -2.43. The third kappa shape index (κ3) is 3.76. The van der Waals surface area contributed by atoms with Gasteiger partial charge in [-0.25, -0.2) is 0 Å². The van der Waals surface area contributed by atoms with E-state index < -0.39 is 6.04 Å². The summed E-state index contributed by atoms with van der Waals surface area (Å²) >= 11 is 0. The van der Waals surface area contributed by atoms with Crippen molar-refractivity contribution in [3.63, 3.8) is 0 Å². The molecule has 0 aromatic heterocycles. The Morgan fingerprint density at radius 3 is 2.53 bits per heavy atom. The summed E-state index contributed by atoms with van der Waals surface area (Å²) in [6.45, 7) is 2.39. The van der Waals surface area contributed by atoms with E-state index in [-0.39, 0.29) is 17.8 Å². The van der Waals surface area contributed by atoms with Gasteiger partial charge in [-0.05, 0) is 26.2 Å². The van der Waals surface area contributed by atoms with Gasteiger partial charge in [-0.15, -0.1) is 0 Å². The third-order valence-electron chi connectivity index (χ3n) is 3.38. The Morgan fingerprint density at radius 1 is 1.37 bits per heavy atom. The molecule has 19 heavy (non-hydrogen) atoms. The number of esters is 1. The summed E-state index contributed by atoms with van der Waals surface area (Å²) in [6.07, 6.45) is 3.14. The molecule has 1 unspecified atom stereocenters. The van der Waals surface area contributed by atoms with Crippen LogP contribution in [0.25, 0.3) is 0 Å². The molecule has 0 radical (unpaired) electrons. The highest BCUT2D eigenvalue weighted by Crippen LogP contribution is 2.21. The molecule has 106 valence electrons. The summed E-state index contributed by atoms with van der Waals surface area (Å²) in [5, 5.41) is 3.21. The molecule has 1 saturated heterocycles. The predicted octanol–water partition coefficient (Wildman–Crippen LogP) is 0.209. The van der Waals surface area contributed by atoms with E-state index >= 15 is 0 Å². The van der Waals surface area contributed by atoms with Crippen molar-refractivity contribution < 1.29 is 19.1 Å². The Labute approximate surface area is 112 Å². The minimum Gasteiger partial charge on any atom is -0.465 e. The van der Waals surface area contributed by atoms with E-state index in [1.807, 2.05) is 0 Å². The molecular weight excluding hydrogens is 248 g/mol. The van der Waals surface area contributed by atoms with Crippen molar-refractivity contribution in [1.29, 1.82) is 0 Å². The van der Waals surface area contributed by atoms with Crippen LogP contribution in [0.4, 0.5) is 0 Å². The fourth-order valence-electron chi connectivity index (χ4n) is 2.18. The summed E-state index contributed by atoms with van der Waals surface area (Å²) in [6, 6.07) is -0.0481. The number of carbonyl (C=O) groups is 3. The van der Waals surface area contributed by atoms with Crippen LogP contribution >= 0.6 is 0 Å². The second-order valence-electron chi connectivity index (χ2n) is 4.97. The Balaban J connectivity index is 1.86. The molecule has 0 aromatic rings. The minimum absolute atomic E-state index is 0.140. The van der Waals surface area contributed by atoms with Crippen molar-refractivity contribution in [1.82, 2.24) is 10.2 Å². The molecule has 1 aliphatic carbocycles. The quantitative estimate of drug-likeness (QED) is 0.527. The molecule has 0 spiro atoms. The van der Waals surface area contributed by atoms with Crippen LogP contribution in [-0.4, -0.2) is 47.9 Å². The van der Waals surface area contributed by atoms with Gasteiger partial charge in [-0.3, -0.25) is 19.3 Å². The second-order valence-corrected chi connectivity index (χ2v) is 4.97. The van der Waals surface area contributed by atoms with Gasteiger partial charge >= 0.3 is 5.97 Å². The van der Waals surface area contributed by atoms with E-state index in [0.29, 0.717) is 38.5 Å². The number of imide groups is 1. The molecule has 2 fully saturated rings. The maximum absolute atomic E-state index is 11.8. The zero-order valence-corrected chi connectivity index (χ0v) is 11.2. The van der Waals surface area contributed by atoms with E-state index in [1.54, 1.807) is 6.92 Å². The van der Waals surface area contributed by atoms with Crippen LogP contribution in [0, 0.1) is 0 Å². The zero-order valence-electron chi connectivity index (χ0n) is 11.2. The van der Waals surface area contributed by atoms with Crippen LogP contribution in [-0.2, 0) is 19.1 Å². The molecule has 1 heterocycles. The van der Waals surface area contributed by atoms with Crippen molar-refractivity contribution in [3.05, 3.63) is 0 Å². The largest absolute Gasteiger partial charge is 0.465 e. The average Bonchev–Trinajstić information content (AvgIpc) is 3.13. The highest BCUT2D eigenvalue weighted by molar-refractivity contribution is 6.01. The first-order chi connectivity index (χ1) is 9.11. The van der Waals surface area contributed by atoms with E-state index in [0.717, 1.165) is 12.8 Å². The minimum atomic E-state index is -0.423. The number of hydrogen-bond donors (Lipinski definition) is 1. The van der Waals surface area contributed by atoms with E-state index in [1.165, 1.54) is 4.90 Å². The van der Waals surface area contributed by atoms with Gasteiger partial charge in [-0.2, -0.15) is 0 Å². The molecule has 6 heteroatoms. The molecule has 0 aromatic carbocycles. The summed E-state index contributed by atoms with van der Waals surface area (Å²) in [7, 11) is 0. The summed E-state index contributed by atoms with van der Waals surface area (Å²) in [4.78, 5) is 36.0. The average molecular weight is 268 g/mol. The predicted molar refractivity (Wildman–Crippen MR) is 67.1 cm³/mol. The van der Waals surface area contributed by atoms with Crippen molar-refractivity contribution >= 4 is 17.8 Å². The van der Waals surface area contributed by atoms with Crippen LogP contribution in [0.1, 0.15) is 39.0 Å². The highest BCUT2D eigenvalue weighted by atomic mass is 16.5. The number of amides is 2. The van der Waals surface area contributed by atoms with Crippen LogP contribution in [0.15, 0.2) is 0 Å². The lowest BCUT2D eigenvalue weighted by molar-refractivity contribution is -0.147. The van der Waals surface area contributed by atoms with E-state index in [4.69, 9.17) is 4.74 Å². The number of nitrogens with one attached hydrogen (secondary N) is 1. The van der Waals surface area contributed by atoms with Crippen LogP contribution < -0.4 is 5.32 Å². The van der Waals surface area contributed by atoms with Gasteiger partial charge in [0.2, 0.25) is 11.8 Å². The Bertz CT molecular complexity index is 363. The Kier molecular flexibility index (Phi) is 4.52. The molecule has 2 amide bonds. The maximum atomic E-state index is 11.8. The number of nitrogens with zero attached hydrogens (tertiary/aromatic N) is 1. The molecular formula is C13H20N2O4. The molecule has 1 saturated carbocycles. The topological polar surface area (TPSA) is 75.7 Å². The van der Waals surface area contributed by atoms with Crippen LogP contribution in [0.3, 0.4) is 0 Å². The normalized spacial score (nSPS) is 20.8. The lowest BCUT2D eigenvalue weighted by atomic mass is 10.2. The first-order valence-electron chi connectivity index (χ1n) is 6.87. The molecule has 2 aliphatic rings. The number of ether oxygens (including phenoxy) is 1. The number of likely N-dealkylation sites (tertiary alicyclic amines) is 1. The maximum Gasteiger partial charge on any atom is 0.323 e. The van der Waals surface area contributed by atoms with Gasteiger partial charge in [0, 0.05) is 25.4 Å². The summed E-state index contributed by atoms with van der Waals surface area (Å²) in [5.41, 5.74) is 0. The van der Waals surface area contributed by atoms with Crippen molar-refractivity contribution in [2.75, 3.05) is 13.2 Å². The van der Waals surface area contributed by atoms with E-state index in [2.05, 4.69) is 5.32 Å². The number of hydrogen-bond acceptors (Lipinski definition) is 5. The zero-order chi connectivity index (χ0) is 13.8. The molecule has 2 rings (SSSR count). The SMILES string of the molecule is CCOC(=O)C(CCN1C(=O)CCC1=O)NC1CC1. The molecule has 6 nitrogen and oxygen atoms in total. The van der Waals surface area contributed by atoms with Crippen molar-refractivity contribution in [2.45, 2.75) is 51.1 Å². The molecule has 1 N–H and O–H groups in total. The van der Waals surface area contributed by atoms with Crippen LogP contribution in [0.2, 0.25) is 0 Å². The summed E-state index contributed by atoms with van der Waals surface area (Å²) in [5.74, 6) is -0.577. The Morgan fingerprint density at radius 2 is 2.00 bits per heavy atom. The summed E-state index contributed by atoms with van der Waals surface area (Å²) < 4.78 is 5.01. The van der Waals surface area contributed by atoms with Crippen LogP contribution in [0.5, 0.6) is 0 Å². The molecule has 0 bridgehead atoms. The van der Waals surface area contributed by atoms with E-state index in [9.17, 15) is 14.4 Å². The number of rotatable bonds is 7. The smallest absolute Gasteiger partial charge is 0.323 e. The van der Waals surface area contributed by atoms with Gasteiger partial charge in [0.05, 0.1) is 6.61 Å². The van der Waals surface area contributed by atoms with Gasteiger partial charge in [0.15, 0.2) is 0 Å². The van der Waals surface area contributed by atoms with Gasteiger partial charge in [0.1, 0.15) is 6.04 Å². The lowest BCUT2D eigenvalue weighted by Gasteiger charge is -2.20. The third-order valence-corrected chi connectivity index (χ3v) is 3.38. The molecule has 1 atom stereocenters. The van der Waals surface area contributed by atoms with Crippen molar-refractivity contribution in [3.8, 4) is 0 Å². The standard InChI is InChI=1S/C13H20N2O4/c1-2-19-13(18)10(14-9-3-4-9)7-8-15-11(16)5-6-12(15)17/h9-10,14H,2-8H2,1H3. The Hall–Kier alpha value is -1.43. The fraction of sp³-hybridized carbons (Fsp3) is 0.769. The van der Waals surface area contributed by atoms with Gasteiger partial charge in [-0.1, -0.05) is 0 Å².